The molecule has 6 nitrogen and oxygen atoms in total. The van der Waals surface area contributed by atoms with Crippen molar-refractivity contribution in [1.29, 1.82) is 0 Å². The summed E-state index contributed by atoms with van der Waals surface area (Å²) < 4.78 is 4.28. The molecule has 1 aromatic rings. The molecular formula is C18H28N4O2S. The molecule has 2 aliphatic rings. The van der Waals surface area contributed by atoms with Gasteiger partial charge < -0.3 is 15.1 Å². The van der Waals surface area contributed by atoms with Crippen molar-refractivity contribution in [2.45, 2.75) is 45.4 Å². The van der Waals surface area contributed by atoms with E-state index in [0.717, 1.165) is 23.0 Å². The molecule has 1 saturated heterocycles. The van der Waals surface area contributed by atoms with E-state index in [-0.39, 0.29) is 11.8 Å². The third-order valence-electron chi connectivity index (χ3n) is 5.46. The highest BCUT2D eigenvalue weighted by Crippen LogP contribution is 2.29. The van der Waals surface area contributed by atoms with Gasteiger partial charge in [-0.25, -0.2) is 0 Å². The Morgan fingerprint density at radius 3 is 2.44 bits per heavy atom. The quantitative estimate of drug-likeness (QED) is 0.872. The summed E-state index contributed by atoms with van der Waals surface area (Å²) in [6.07, 6.45) is 6.92. The molecule has 1 aromatic heterocycles. The van der Waals surface area contributed by atoms with Gasteiger partial charge in [0.1, 0.15) is 5.00 Å². The average Bonchev–Trinajstić information content (AvgIpc) is 3.28. The van der Waals surface area contributed by atoms with Crippen LogP contribution in [0.5, 0.6) is 0 Å². The van der Waals surface area contributed by atoms with E-state index in [1.807, 2.05) is 23.8 Å². The van der Waals surface area contributed by atoms with E-state index in [1.54, 1.807) is 0 Å². The lowest BCUT2D eigenvalue weighted by Crippen LogP contribution is -2.50. The third kappa shape index (κ3) is 4.14. The molecule has 3 rings (SSSR count). The van der Waals surface area contributed by atoms with Crippen LogP contribution in [0.1, 0.15) is 54.6 Å². The normalized spacial score (nSPS) is 18.6. The Labute approximate surface area is 153 Å². The number of carbonyl (C=O) groups excluding carboxylic acids is 2. The lowest BCUT2D eigenvalue weighted by Gasteiger charge is -2.35. The second-order valence-electron chi connectivity index (χ2n) is 7.08. The molecular weight excluding hydrogens is 336 g/mol. The number of piperazine rings is 1. The SMILES string of the molecule is CNc1snc(C)c1C(=O)N1CCN(C(=O)CCC2CCCC2)CC1. The van der Waals surface area contributed by atoms with Crippen molar-refractivity contribution in [3.8, 4) is 0 Å². The summed E-state index contributed by atoms with van der Waals surface area (Å²) in [5, 5.41) is 3.87. The Bertz CT molecular complexity index is 617. The number of nitrogens with one attached hydrogen (secondary N) is 1. The van der Waals surface area contributed by atoms with Gasteiger partial charge in [-0.3, -0.25) is 9.59 Å². The maximum Gasteiger partial charge on any atom is 0.258 e. The van der Waals surface area contributed by atoms with Crippen molar-refractivity contribution >= 4 is 28.3 Å². The number of nitrogens with zero attached hydrogens (tertiary/aromatic N) is 3. The number of anilines is 1. The van der Waals surface area contributed by atoms with Gasteiger partial charge in [0.15, 0.2) is 0 Å². The average molecular weight is 365 g/mol. The monoisotopic (exact) mass is 364 g/mol. The molecule has 0 spiro atoms. The Balaban J connectivity index is 1.50. The summed E-state index contributed by atoms with van der Waals surface area (Å²) in [6.45, 7) is 4.35. The van der Waals surface area contributed by atoms with Crippen LogP contribution < -0.4 is 5.32 Å². The molecule has 25 heavy (non-hydrogen) atoms. The highest BCUT2D eigenvalue weighted by Gasteiger charge is 2.28. The smallest absolute Gasteiger partial charge is 0.258 e. The Kier molecular flexibility index (Phi) is 5.93. The lowest BCUT2D eigenvalue weighted by molar-refractivity contribution is -0.133. The fourth-order valence-corrected chi connectivity index (χ4v) is 4.63. The standard InChI is InChI=1S/C18H28N4O2S/c1-13-16(17(19-2)25-20-13)18(24)22-11-9-21(10-12-22)15(23)8-7-14-5-3-4-6-14/h14,19H,3-12H2,1-2H3. The third-order valence-corrected chi connectivity index (χ3v) is 6.42. The molecule has 1 N–H and O–H groups in total. The summed E-state index contributed by atoms with van der Waals surface area (Å²) in [5.74, 6) is 1.03. The lowest BCUT2D eigenvalue weighted by atomic mass is 10.0. The summed E-state index contributed by atoms with van der Waals surface area (Å²) in [7, 11) is 1.81. The van der Waals surface area contributed by atoms with Crippen molar-refractivity contribution in [1.82, 2.24) is 14.2 Å². The Morgan fingerprint density at radius 1 is 1.16 bits per heavy atom. The molecule has 0 atom stereocenters. The van der Waals surface area contributed by atoms with Crippen LogP contribution >= 0.6 is 11.5 Å². The zero-order valence-corrected chi connectivity index (χ0v) is 16.0. The Hall–Kier alpha value is -1.63. The van der Waals surface area contributed by atoms with Crippen LogP contribution in [0.15, 0.2) is 0 Å². The molecule has 0 radical (unpaired) electrons. The van der Waals surface area contributed by atoms with Crippen molar-refractivity contribution < 1.29 is 9.59 Å². The van der Waals surface area contributed by atoms with Crippen molar-refractivity contribution in [2.75, 3.05) is 38.5 Å². The van der Waals surface area contributed by atoms with Crippen LogP contribution in [0.4, 0.5) is 5.00 Å². The predicted molar refractivity (Wildman–Crippen MR) is 100 cm³/mol. The van der Waals surface area contributed by atoms with Gasteiger partial charge in [0.05, 0.1) is 11.3 Å². The minimum absolute atomic E-state index is 0.0219. The maximum absolute atomic E-state index is 12.8. The van der Waals surface area contributed by atoms with Gasteiger partial charge in [-0.05, 0) is 30.8 Å². The minimum atomic E-state index is 0.0219. The zero-order chi connectivity index (χ0) is 17.8. The largest absolute Gasteiger partial charge is 0.378 e. The molecule has 138 valence electrons. The van der Waals surface area contributed by atoms with E-state index in [9.17, 15) is 9.59 Å². The zero-order valence-electron chi connectivity index (χ0n) is 15.2. The number of aromatic nitrogens is 1. The summed E-state index contributed by atoms with van der Waals surface area (Å²) >= 11 is 1.32. The van der Waals surface area contributed by atoms with Gasteiger partial charge in [0.25, 0.3) is 5.91 Å². The van der Waals surface area contributed by atoms with Crippen LogP contribution in [0, 0.1) is 12.8 Å². The molecule has 2 fully saturated rings. The van der Waals surface area contributed by atoms with E-state index in [1.165, 1.54) is 37.2 Å². The molecule has 2 heterocycles. The molecule has 0 aromatic carbocycles. The summed E-state index contributed by atoms with van der Waals surface area (Å²) in [6, 6.07) is 0. The van der Waals surface area contributed by atoms with Crippen molar-refractivity contribution in [3.63, 3.8) is 0 Å². The second-order valence-corrected chi connectivity index (χ2v) is 7.86. The van der Waals surface area contributed by atoms with Crippen LogP contribution in [0.25, 0.3) is 0 Å². The van der Waals surface area contributed by atoms with E-state index < -0.39 is 0 Å². The van der Waals surface area contributed by atoms with E-state index in [0.29, 0.717) is 38.2 Å². The maximum atomic E-state index is 12.8. The van der Waals surface area contributed by atoms with Gasteiger partial charge in [-0.2, -0.15) is 4.37 Å². The summed E-state index contributed by atoms with van der Waals surface area (Å²) in [5.41, 5.74) is 1.45. The number of rotatable bonds is 5. The number of amides is 2. The van der Waals surface area contributed by atoms with Crippen LogP contribution in [0.3, 0.4) is 0 Å². The Morgan fingerprint density at radius 2 is 1.80 bits per heavy atom. The number of carbonyl (C=O) groups is 2. The molecule has 7 heteroatoms. The first kappa shape index (κ1) is 18.2. The first-order chi connectivity index (χ1) is 12.1. The van der Waals surface area contributed by atoms with Gasteiger partial charge in [0.2, 0.25) is 5.91 Å². The van der Waals surface area contributed by atoms with Crippen LogP contribution in [-0.4, -0.2) is 59.2 Å². The molecule has 2 amide bonds. The van der Waals surface area contributed by atoms with E-state index >= 15 is 0 Å². The van der Waals surface area contributed by atoms with E-state index in [2.05, 4.69) is 9.69 Å². The topological polar surface area (TPSA) is 65.5 Å². The van der Waals surface area contributed by atoms with Gasteiger partial charge in [0, 0.05) is 39.6 Å². The number of aryl methyl sites for hydroxylation is 1. The molecule has 1 aliphatic heterocycles. The van der Waals surface area contributed by atoms with Crippen molar-refractivity contribution in [2.24, 2.45) is 5.92 Å². The van der Waals surface area contributed by atoms with E-state index in [4.69, 9.17) is 0 Å². The number of hydrogen-bond donors (Lipinski definition) is 1. The minimum Gasteiger partial charge on any atom is -0.378 e. The summed E-state index contributed by atoms with van der Waals surface area (Å²) in [4.78, 5) is 29.0. The van der Waals surface area contributed by atoms with Crippen LogP contribution in [-0.2, 0) is 4.79 Å². The fourth-order valence-electron chi connectivity index (χ4n) is 3.89. The first-order valence-electron chi connectivity index (χ1n) is 9.31. The van der Waals surface area contributed by atoms with Crippen LogP contribution in [0.2, 0.25) is 0 Å². The first-order valence-corrected chi connectivity index (χ1v) is 10.1. The highest BCUT2D eigenvalue weighted by molar-refractivity contribution is 7.10. The number of hydrogen-bond acceptors (Lipinski definition) is 5. The highest BCUT2D eigenvalue weighted by atomic mass is 32.1. The van der Waals surface area contributed by atoms with Crippen molar-refractivity contribution in [3.05, 3.63) is 11.3 Å². The van der Waals surface area contributed by atoms with Gasteiger partial charge in [-0.15, -0.1) is 0 Å². The predicted octanol–water partition coefficient (Wildman–Crippen LogP) is 2.75. The molecule has 1 saturated carbocycles. The van der Waals surface area contributed by atoms with Gasteiger partial charge >= 0.3 is 0 Å². The molecule has 1 aliphatic carbocycles. The second kappa shape index (κ2) is 8.17. The molecule has 0 bridgehead atoms. The molecule has 0 unspecified atom stereocenters. The fraction of sp³-hybridized carbons (Fsp3) is 0.722. The van der Waals surface area contributed by atoms with Gasteiger partial charge in [-0.1, -0.05) is 25.7 Å².